The van der Waals surface area contributed by atoms with E-state index >= 15 is 0 Å². The van der Waals surface area contributed by atoms with Crippen molar-refractivity contribution in [3.8, 4) is 0 Å². The highest BCUT2D eigenvalue weighted by molar-refractivity contribution is 7.18. The van der Waals surface area contributed by atoms with Crippen molar-refractivity contribution >= 4 is 37.9 Å². The molecule has 0 fully saturated rings. The van der Waals surface area contributed by atoms with E-state index in [0.29, 0.717) is 0 Å². The van der Waals surface area contributed by atoms with Gasteiger partial charge in [-0.25, -0.2) is 0 Å². The molecule has 0 aliphatic heterocycles. The Labute approximate surface area is 92.1 Å². The summed E-state index contributed by atoms with van der Waals surface area (Å²) in [5, 5.41) is 5.91. The fourth-order valence-electron chi connectivity index (χ4n) is 2.01. The van der Waals surface area contributed by atoms with Gasteiger partial charge in [-0.1, -0.05) is 24.3 Å². The number of nitrogen functional groups attached to an aromatic ring is 1. The lowest BCUT2D eigenvalue weighted by molar-refractivity contribution is 1.60. The van der Waals surface area contributed by atoms with Gasteiger partial charge in [0.15, 0.2) is 0 Å². The van der Waals surface area contributed by atoms with E-state index in [0.717, 1.165) is 11.1 Å². The molecule has 0 bridgehead atoms. The van der Waals surface area contributed by atoms with Crippen LogP contribution >= 0.6 is 11.3 Å². The molecule has 1 aromatic heterocycles. The van der Waals surface area contributed by atoms with Crippen LogP contribution < -0.4 is 5.73 Å². The van der Waals surface area contributed by atoms with Crippen molar-refractivity contribution in [2.45, 2.75) is 6.92 Å². The van der Waals surface area contributed by atoms with E-state index in [9.17, 15) is 0 Å². The number of anilines is 1. The second-order valence-electron chi connectivity index (χ2n) is 3.81. The fourth-order valence-corrected chi connectivity index (χ4v) is 3.08. The maximum Gasteiger partial charge on any atom is 0.0425 e. The Kier molecular flexibility index (Phi) is 1.73. The van der Waals surface area contributed by atoms with Crippen LogP contribution in [0.3, 0.4) is 0 Å². The Morgan fingerprint density at radius 1 is 1.07 bits per heavy atom. The molecule has 0 radical (unpaired) electrons. The predicted molar refractivity (Wildman–Crippen MR) is 68.5 cm³/mol. The van der Waals surface area contributed by atoms with Gasteiger partial charge in [-0.3, -0.25) is 0 Å². The average molecular weight is 213 g/mol. The molecule has 0 unspecified atom stereocenters. The molecule has 0 atom stereocenters. The smallest absolute Gasteiger partial charge is 0.0425 e. The topological polar surface area (TPSA) is 26.0 Å². The van der Waals surface area contributed by atoms with Gasteiger partial charge in [0.1, 0.15) is 0 Å². The maximum absolute atomic E-state index is 6.06. The molecule has 1 nitrogen and oxygen atoms in total. The molecule has 1 heterocycles. The number of nitrogens with two attached hydrogens (primary N) is 1. The van der Waals surface area contributed by atoms with Crippen LogP contribution in [0.4, 0.5) is 5.69 Å². The SMILES string of the molecule is Cc1csc2c1cc(N)c1ccccc12. The van der Waals surface area contributed by atoms with Crippen LogP contribution in [0.2, 0.25) is 0 Å². The summed E-state index contributed by atoms with van der Waals surface area (Å²) >= 11 is 1.80. The van der Waals surface area contributed by atoms with Crippen LogP contribution in [0.1, 0.15) is 5.56 Å². The van der Waals surface area contributed by atoms with Crippen molar-refractivity contribution in [3.63, 3.8) is 0 Å². The van der Waals surface area contributed by atoms with Crippen molar-refractivity contribution in [2.24, 2.45) is 0 Å². The zero-order chi connectivity index (χ0) is 10.4. The monoisotopic (exact) mass is 213 g/mol. The quantitative estimate of drug-likeness (QED) is 0.562. The first-order chi connectivity index (χ1) is 7.27. The number of fused-ring (bicyclic) bond motifs is 3. The van der Waals surface area contributed by atoms with E-state index in [2.05, 4.69) is 36.6 Å². The summed E-state index contributed by atoms with van der Waals surface area (Å²) in [7, 11) is 0. The van der Waals surface area contributed by atoms with Gasteiger partial charge in [-0.15, -0.1) is 11.3 Å². The van der Waals surface area contributed by atoms with E-state index in [1.54, 1.807) is 11.3 Å². The van der Waals surface area contributed by atoms with Crippen molar-refractivity contribution in [3.05, 3.63) is 41.3 Å². The first-order valence-corrected chi connectivity index (χ1v) is 5.80. The van der Waals surface area contributed by atoms with E-state index in [1.807, 2.05) is 6.07 Å². The largest absolute Gasteiger partial charge is 0.398 e. The molecule has 0 spiro atoms. The molecule has 0 saturated carbocycles. The van der Waals surface area contributed by atoms with Gasteiger partial charge in [-0.05, 0) is 29.3 Å². The summed E-state index contributed by atoms with van der Waals surface area (Å²) < 4.78 is 1.34. The molecule has 2 aromatic carbocycles. The van der Waals surface area contributed by atoms with E-state index in [1.165, 1.54) is 21.0 Å². The van der Waals surface area contributed by atoms with Crippen molar-refractivity contribution in [1.29, 1.82) is 0 Å². The van der Waals surface area contributed by atoms with Gasteiger partial charge in [-0.2, -0.15) is 0 Å². The number of aryl methyl sites for hydroxylation is 1. The lowest BCUT2D eigenvalue weighted by Crippen LogP contribution is -1.86. The molecule has 0 aliphatic carbocycles. The molecule has 0 saturated heterocycles. The van der Waals surface area contributed by atoms with Crippen molar-refractivity contribution in [2.75, 3.05) is 5.73 Å². The minimum Gasteiger partial charge on any atom is -0.398 e. The third-order valence-electron chi connectivity index (χ3n) is 2.81. The Hall–Kier alpha value is -1.54. The van der Waals surface area contributed by atoms with E-state index in [4.69, 9.17) is 5.73 Å². The summed E-state index contributed by atoms with van der Waals surface area (Å²) in [6.07, 6.45) is 0. The number of hydrogen-bond donors (Lipinski definition) is 1. The van der Waals surface area contributed by atoms with Crippen LogP contribution in [0.5, 0.6) is 0 Å². The summed E-state index contributed by atoms with van der Waals surface area (Å²) in [6.45, 7) is 2.13. The zero-order valence-electron chi connectivity index (χ0n) is 8.45. The lowest BCUT2D eigenvalue weighted by atomic mass is 10.1. The van der Waals surface area contributed by atoms with Gasteiger partial charge >= 0.3 is 0 Å². The van der Waals surface area contributed by atoms with Crippen molar-refractivity contribution < 1.29 is 0 Å². The number of benzene rings is 2. The minimum absolute atomic E-state index is 0.875. The van der Waals surface area contributed by atoms with Gasteiger partial charge in [0.2, 0.25) is 0 Å². The van der Waals surface area contributed by atoms with E-state index in [-0.39, 0.29) is 0 Å². The summed E-state index contributed by atoms with van der Waals surface area (Å²) in [6, 6.07) is 10.4. The lowest BCUT2D eigenvalue weighted by Gasteiger charge is -2.03. The second-order valence-corrected chi connectivity index (χ2v) is 4.69. The Morgan fingerprint density at radius 3 is 2.60 bits per heavy atom. The first kappa shape index (κ1) is 8.74. The predicted octanol–water partition coefficient (Wildman–Crippen LogP) is 3.95. The van der Waals surface area contributed by atoms with Gasteiger partial charge in [0, 0.05) is 21.2 Å². The number of rotatable bonds is 0. The molecule has 0 amide bonds. The standard InChI is InChI=1S/C13H11NS/c1-8-7-15-13-10-5-3-2-4-9(10)12(14)6-11(8)13/h2-7H,14H2,1H3. The third kappa shape index (κ3) is 1.15. The van der Waals surface area contributed by atoms with Gasteiger partial charge in [0.25, 0.3) is 0 Å². The van der Waals surface area contributed by atoms with Crippen LogP contribution in [0, 0.1) is 6.92 Å². The maximum atomic E-state index is 6.06. The molecule has 2 N–H and O–H groups in total. The molecule has 15 heavy (non-hydrogen) atoms. The van der Waals surface area contributed by atoms with Gasteiger partial charge in [0.05, 0.1) is 0 Å². The average Bonchev–Trinajstić information content (AvgIpc) is 2.62. The van der Waals surface area contributed by atoms with Crippen molar-refractivity contribution in [1.82, 2.24) is 0 Å². The number of hydrogen-bond acceptors (Lipinski definition) is 2. The normalized spacial score (nSPS) is 11.3. The van der Waals surface area contributed by atoms with Crippen LogP contribution in [-0.4, -0.2) is 0 Å². The molecule has 3 aromatic rings. The third-order valence-corrected chi connectivity index (χ3v) is 3.95. The molecule has 74 valence electrons. The second kappa shape index (κ2) is 2.97. The zero-order valence-corrected chi connectivity index (χ0v) is 9.27. The molecule has 2 heteroatoms. The summed E-state index contributed by atoms with van der Waals surface area (Å²) in [5.74, 6) is 0. The molecular weight excluding hydrogens is 202 g/mol. The Bertz CT molecular complexity index is 652. The first-order valence-electron chi connectivity index (χ1n) is 4.92. The highest BCUT2D eigenvalue weighted by atomic mass is 32.1. The Balaban J connectivity index is 2.65. The highest BCUT2D eigenvalue weighted by Gasteiger charge is 2.06. The van der Waals surface area contributed by atoms with Crippen LogP contribution in [0.25, 0.3) is 20.9 Å². The van der Waals surface area contributed by atoms with Crippen LogP contribution in [-0.2, 0) is 0 Å². The molecular formula is C13H11NS. The van der Waals surface area contributed by atoms with E-state index < -0.39 is 0 Å². The molecule has 0 aliphatic rings. The summed E-state index contributed by atoms with van der Waals surface area (Å²) in [5.41, 5.74) is 8.24. The van der Waals surface area contributed by atoms with Gasteiger partial charge < -0.3 is 5.73 Å². The Morgan fingerprint density at radius 2 is 1.80 bits per heavy atom. The van der Waals surface area contributed by atoms with Crippen LogP contribution in [0.15, 0.2) is 35.7 Å². The molecule has 3 rings (SSSR count). The fraction of sp³-hybridized carbons (Fsp3) is 0.0769. The highest BCUT2D eigenvalue weighted by Crippen LogP contribution is 2.35. The summed E-state index contributed by atoms with van der Waals surface area (Å²) in [4.78, 5) is 0. The number of thiophene rings is 1. The minimum atomic E-state index is 0.875.